The lowest BCUT2D eigenvalue weighted by atomic mass is 9.50. The summed E-state index contributed by atoms with van der Waals surface area (Å²) in [5.74, 6) is -6.57. The number of hydrogen-bond donors (Lipinski definition) is 2. The molecule has 0 spiro atoms. The second-order valence-electron chi connectivity index (χ2n) is 11.8. The van der Waals surface area contributed by atoms with Gasteiger partial charge in [0.05, 0.1) is 0 Å². The zero-order valence-electron chi connectivity index (χ0n) is 22.5. The molecule has 0 radical (unpaired) electrons. The molecule has 4 aliphatic carbocycles. The highest BCUT2D eigenvalue weighted by Gasteiger charge is 2.79. The van der Waals surface area contributed by atoms with Crippen LogP contribution < -0.4 is 5.32 Å². The Morgan fingerprint density at radius 2 is 1.80 bits per heavy atom. The van der Waals surface area contributed by atoms with Crippen molar-refractivity contribution in [1.82, 2.24) is 5.32 Å². The summed E-state index contributed by atoms with van der Waals surface area (Å²) in [5.41, 5.74) is -0.553. The molecule has 0 saturated heterocycles. The first-order valence-electron chi connectivity index (χ1n) is 13.9. The molecule has 1 aromatic rings. The Kier molecular flexibility index (Phi) is 7.16. The fourth-order valence-corrected chi connectivity index (χ4v) is 7.90. The van der Waals surface area contributed by atoms with Gasteiger partial charge >= 0.3 is 18.2 Å². The summed E-state index contributed by atoms with van der Waals surface area (Å²) in [6.07, 6.45) is -3.51. The van der Waals surface area contributed by atoms with E-state index < -0.39 is 47.5 Å². The molecule has 5 nitrogen and oxygen atoms in total. The molecule has 0 heterocycles. The van der Waals surface area contributed by atoms with E-state index in [1.807, 2.05) is 0 Å². The highest BCUT2D eigenvalue weighted by molar-refractivity contribution is 5.93. The van der Waals surface area contributed by atoms with Crippen LogP contribution in [0.1, 0.15) is 75.8 Å². The lowest BCUT2D eigenvalue weighted by Crippen LogP contribution is -2.65. The number of aliphatic hydroxyl groups is 1. The Morgan fingerprint density at radius 1 is 1.10 bits per heavy atom. The molecule has 5 rings (SSSR count). The number of alkyl carbamates (subject to hydrolysis) is 1. The Morgan fingerprint density at radius 3 is 2.45 bits per heavy atom. The van der Waals surface area contributed by atoms with Crippen molar-refractivity contribution in [1.29, 1.82) is 0 Å². The first-order chi connectivity index (χ1) is 18.7. The largest absolute Gasteiger partial charge is 0.456 e. The SMILES string of the molecule is CCNC(=O)OCc1ccc([C@H]2C[C@@]3(C)[C@@H](CC[C@@]3(O)C(F)(F)C(F)(F)F)[C@@H]3CCC4=CC(=O)CCC4=C32)cc1. The lowest BCUT2D eigenvalue weighted by Gasteiger charge is -2.56. The Bertz CT molecular complexity index is 1250. The molecule has 0 aliphatic heterocycles. The average molecular weight is 568 g/mol. The molecule has 1 amide bonds. The van der Waals surface area contributed by atoms with Gasteiger partial charge in [0.25, 0.3) is 0 Å². The van der Waals surface area contributed by atoms with Crippen LogP contribution >= 0.6 is 0 Å². The van der Waals surface area contributed by atoms with Crippen LogP contribution in [-0.4, -0.2) is 41.2 Å². The first-order valence-corrected chi connectivity index (χ1v) is 13.9. The summed E-state index contributed by atoms with van der Waals surface area (Å²) in [6, 6.07) is 7.07. The zero-order chi connectivity index (χ0) is 29.1. The molecule has 218 valence electrons. The van der Waals surface area contributed by atoms with E-state index in [1.165, 1.54) is 6.92 Å². The van der Waals surface area contributed by atoms with Crippen molar-refractivity contribution in [2.75, 3.05) is 6.54 Å². The number of benzene rings is 1. The van der Waals surface area contributed by atoms with Gasteiger partial charge < -0.3 is 15.2 Å². The number of ether oxygens (including phenoxy) is 1. The predicted octanol–water partition coefficient (Wildman–Crippen LogP) is 6.76. The number of nitrogens with one attached hydrogen (secondary N) is 1. The van der Waals surface area contributed by atoms with Crippen LogP contribution in [0.3, 0.4) is 0 Å². The smallest absolute Gasteiger partial charge is 0.445 e. The molecule has 0 aromatic heterocycles. The number of ketones is 1. The number of allylic oxidation sites excluding steroid dienone is 4. The van der Waals surface area contributed by atoms with E-state index >= 15 is 8.78 Å². The van der Waals surface area contributed by atoms with Gasteiger partial charge in [-0.05, 0) is 85.6 Å². The van der Waals surface area contributed by atoms with Crippen molar-refractivity contribution in [2.24, 2.45) is 17.3 Å². The van der Waals surface area contributed by atoms with Crippen LogP contribution in [0.5, 0.6) is 0 Å². The van der Waals surface area contributed by atoms with E-state index in [4.69, 9.17) is 4.74 Å². The summed E-state index contributed by atoms with van der Waals surface area (Å²) in [4.78, 5) is 23.8. The maximum atomic E-state index is 15.1. The summed E-state index contributed by atoms with van der Waals surface area (Å²) in [6.45, 7) is 3.60. The number of amides is 1. The molecule has 40 heavy (non-hydrogen) atoms. The van der Waals surface area contributed by atoms with Crippen LogP contribution in [0.2, 0.25) is 0 Å². The van der Waals surface area contributed by atoms with E-state index in [9.17, 15) is 27.9 Å². The van der Waals surface area contributed by atoms with Crippen molar-refractivity contribution in [3.8, 4) is 0 Å². The third-order valence-corrected chi connectivity index (χ3v) is 9.84. The van der Waals surface area contributed by atoms with Gasteiger partial charge in [-0.2, -0.15) is 22.0 Å². The van der Waals surface area contributed by atoms with Gasteiger partial charge in [-0.3, -0.25) is 4.79 Å². The minimum absolute atomic E-state index is 0.0136. The molecule has 2 saturated carbocycles. The number of fused-ring (bicyclic) bond motifs is 4. The molecule has 2 fully saturated rings. The maximum Gasteiger partial charge on any atom is 0.456 e. The van der Waals surface area contributed by atoms with Gasteiger partial charge in [0.1, 0.15) is 12.2 Å². The van der Waals surface area contributed by atoms with Gasteiger partial charge in [0.2, 0.25) is 0 Å². The molecule has 4 aliphatic rings. The van der Waals surface area contributed by atoms with Gasteiger partial charge in [0.15, 0.2) is 5.78 Å². The third kappa shape index (κ3) is 4.37. The maximum absolute atomic E-state index is 15.1. The molecule has 0 bridgehead atoms. The van der Waals surface area contributed by atoms with Crippen LogP contribution in [0.15, 0.2) is 47.1 Å². The highest BCUT2D eigenvalue weighted by Crippen LogP contribution is 2.70. The van der Waals surface area contributed by atoms with Crippen LogP contribution in [0.4, 0.5) is 26.7 Å². The summed E-state index contributed by atoms with van der Waals surface area (Å²) in [5, 5.41) is 13.9. The predicted molar refractivity (Wildman–Crippen MR) is 137 cm³/mol. The molecular weight excluding hydrogens is 533 g/mol. The number of alkyl halides is 5. The van der Waals surface area contributed by atoms with Gasteiger partial charge in [-0.25, -0.2) is 4.79 Å². The molecule has 5 atom stereocenters. The summed E-state index contributed by atoms with van der Waals surface area (Å²) < 4.78 is 76.4. The summed E-state index contributed by atoms with van der Waals surface area (Å²) >= 11 is 0. The average Bonchev–Trinajstić information content (AvgIpc) is 3.18. The molecule has 0 unspecified atom stereocenters. The molecule has 2 N–H and O–H groups in total. The fraction of sp³-hybridized carbons (Fsp3) is 0.600. The minimum Gasteiger partial charge on any atom is -0.445 e. The number of hydrogen-bond acceptors (Lipinski definition) is 4. The summed E-state index contributed by atoms with van der Waals surface area (Å²) in [7, 11) is 0. The Hall–Kier alpha value is -2.75. The van der Waals surface area contributed by atoms with E-state index in [-0.39, 0.29) is 31.1 Å². The molecular formula is C30H34F5NO4. The second-order valence-corrected chi connectivity index (χ2v) is 11.8. The molecule has 10 heteroatoms. The van der Waals surface area contributed by atoms with E-state index in [1.54, 1.807) is 37.3 Å². The topological polar surface area (TPSA) is 75.6 Å². The minimum atomic E-state index is -5.88. The second kappa shape index (κ2) is 9.96. The quantitative estimate of drug-likeness (QED) is 0.386. The van der Waals surface area contributed by atoms with Crippen molar-refractivity contribution >= 4 is 11.9 Å². The monoisotopic (exact) mass is 567 g/mol. The molecule has 1 aromatic carbocycles. The van der Waals surface area contributed by atoms with Gasteiger partial charge in [-0.1, -0.05) is 36.8 Å². The fourth-order valence-electron chi connectivity index (χ4n) is 7.90. The van der Waals surface area contributed by atoms with Crippen molar-refractivity contribution < 1.29 is 41.4 Å². The normalized spacial score (nSPS) is 32.1. The zero-order valence-corrected chi connectivity index (χ0v) is 22.5. The first kappa shape index (κ1) is 28.8. The van der Waals surface area contributed by atoms with Crippen molar-refractivity contribution in [2.45, 2.75) is 89.0 Å². The third-order valence-electron chi connectivity index (χ3n) is 9.84. The van der Waals surface area contributed by atoms with Crippen LogP contribution in [0, 0.1) is 17.3 Å². The number of carbonyl (C=O) groups is 2. The van der Waals surface area contributed by atoms with Crippen molar-refractivity contribution in [3.63, 3.8) is 0 Å². The number of halogens is 5. The highest BCUT2D eigenvalue weighted by atomic mass is 19.4. The van der Waals surface area contributed by atoms with Gasteiger partial charge in [-0.15, -0.1) is 0 Å². The van der Waals surface area contributed by atoms with Crippen molar-refractivity contribution in [3.05, 3.63) is 58.2 Å². The van der Waals surface area contributed by atoms with E-state index in [0.29, 0.717) is 37.8 Å². The number of carbonyl (C=O) groups excluding carboxylic acids is 2. The lowest BCUT2D eigenvalue weighted by molar-refractivity contribution is -0.362. The number of rotatable bonds is 5. The van der Waals surface area contributed by atoms with Crippen LogP contribution in [-0.2, 0) is 16.1 Å². The van der Waals surface area contributed by atoms with Crippen LogP contribution in [0.25, 0.3) is 0 Å². The van der Waals surface area contributed by atoms with E-state index in [0.717, 1.165) is 22.3 Å². The Labute approximate surface area is 229 Å². The Balaban J connectivity index is 1.57. The van der Waals surface area contributed by atoms with Gasteiger partial charge in [0, 0.05) is 24.3 Å². The van der Waals surface area contributed by atoms with E-state index in [2.05, 4.69) is 5.32 Å². The standard InChI is InChI=1S/C30H34F5NO4/c1-3-36-26(38)40-16-17-4-6-18(7-5-17)23-15-27(2)24(12-13-28(27,39)29(31,32)30(33,34)35)22-10-8-19-14-20(37)9-11-21(19)25(22)23/h4-7,14,22-24,39H,3,8-13,15-16H2,1-2H3,(H,36,38)/t22-,23+,24-,27-,28-/m0/s1.